The monoisotopic (exact) mass is 988 g/mol. The van der Waals surface area contributed by atoms with Gasteiger partial charge in [-0.2, -0.15) is 0 Å². The van der Waals surface area contributed by atoms with Crippen LogP contribution in [-0.4, -0.2) is 134 Å². The molecule has 0 aliphatic carbocycles. The first kappa shape index (κ1) is 55.1. The molecule has 0 saturated carbocycles. The summed E-state index contributed by atoms with van der Waals surface area (Å²) in [6.45, 7) is 9.47. The maximum atomic E-state index is 14.9. The van der Waals surface area contributed by atoms with Gasteiger partial charge in [-0.1, -0.05) is 30.3 Å². The number of carbonyl (C=O) groups is 11. The van der Waals surface area contributed by atoms with E-state index in [-0.39, 0.29) is 11.1 Å². The van der Waals surface area contributed by atoms with E-state index in [1.807, 2.05) is 0 Å². The third-order valence-corrected chi connectivity index (χ3v) is 9.84. The fraction of sp³-hybridized carbons (Fsp3) is 0.500. The Morgan fingerprint density at radius 1 is 0.443 bits per heavy atom. The maximum absolute atomic E-state index is 14.9. The van der Waals surface area contributed by atoms with Crippen molar-refractivity contribution in [3.05, 3.63) is 52.6 Å². The van der Waals surface area contributed by atoms with Crippen LogP contribution in [0.4, 0.5) is 0 Å². The van der Waals surface area contributed by atoms with Gasteiger partial charge in [0.15, 0.2) is 42.0 Å². The summed E-state index contributed by atoms with van der Waals surface area (Å²) in [6, 6.07) is 7.28. The summed E-state index contributed by atoms with van der Waals surface area (Å²) >= 11 is 0. The Balaban J connectivity index is 2.29. The molecule has 0 spiro atoms. The molecule has 4 rings (SSSR count). The van der Waals surface area contributed by atoms with Crippen LogP contribution in [-0.2, 0) is 95.3 Å². The predicted octanol–water partition coefficient (Wildman–Crippen LogP) is 2.34. The largest absolute Gasteiger partial charge is 0.463 e. The van der Waals surface area contributed by atoms with Gasteiger partial charge in [-0.25, -0.2) is 0 Å². The van der Waals surface area contributed by atoms with Gasteiger partial charge in [0.05, 0.1) is 5.56 Å². The van der Waals surface area contributed by atoms with E-state index in [2.05, 4.69) is 0 Å². The molecule has 2 fully saturated rings. The molecular weight excluding hydrogens is 936 g/mol. The summed E-state index contributed by atoms with van der Waals surface area (Å²) < 4.78 is 75.0. The molecule has 2 aromatic carbocycles. The molecule has 0 N–H and O–H groups in total. The zero-order chi connectivity index (χ0) is 52.3. The van der Waals surface area contributed by atoms with Crippen molar-refractivity contribution in [1.29, 1.82) is 0 Å². The highest BCUT2D eigenvalue weighted by molar-refractivity contribution is 6.14. The first-order valence-electron chi connectivity index (χ1n) is 21.3. The summed E-state index contributed by atoms with van der Waals surface area (Å²) in [5.41, 5.74) is -1.70. The number of ether oxygens (including phenoxy) is 13. The Kier molecular flexibility index (Phi) is 19.1. The van der Waals surface area contributed by atoms with Crippen molar-refractivity contribution in [2.75, 3.05) is 13.2 Å². The fourth-order valence-corrected chi connectivity index (χ4v) is 7.57. The van der Waals surface area contributed by atoms with Crippen LogP contribution in [0.1, 0.15) is 102 Å². The van der Waals surface area contributed by atoms with Gasteiger partial charge in [0.25, 0.3) is 0 Å². The molecule has 70 heavy (non-hydrogen) atoms. The molecule has 24 heteroatoms. The van der Waals surface area contributed by atoms with Gasteiger partial charge in [0.1, 0.15) is 42.8 Å². The number of hydrogen-bond acceptors (Lipinski definition) is 24. The number of hydrogen-bond donors (Lipinski definition) is 0. The van der Waals surface area contributed by atoms with Crippen LogP contribution in [0.15, 0.2) is 30.3 Å². The Morgan fingerprint density at radius 2 is 0.843 bits per heavy atom. The van der Waals surface area contributed by atoms with Gasteiger partial charge in [-0.05, 0) is 6.92 Å². The second-order valence-corrected chi connectivity index (χ2v) is 15.6. The van der Waals surface area contributed by atoms with E-state index in [1.54, 1.807) is 6.07 Å². The number of ketones is 1. The molecule has 380 valence electrons. The minimum absolute atomic E-state index is 0.0792. The quantitative estimate of drug-likeness (QED) is 0.0950. The number of esters is 10. The Morgan fingerprint density at radius 3 is 1.29 bits per heavy atom. The lowest BCUT2D eigenvalue weighted by atomic mass is 9.86. The van der Waals surface area contributed by atoms with E-state index in [0.717, 1.165) is 69.2 Å². The van der Waals surface area contributed by atoms with Crippen molar-refractivity contribution in [3.8, 4) is 17.2 Å². The third-order valence-electron chi connectivity index (χ3n) is 9.84. The standard InChI is InChI=1S/C46H52O24/c1-19-36(60-22(4)49)33(35(57)30-15-13-12-14-16-30)40(63-25(7)52)34(41-44(66-28(10)55)42(64-26(8)53)38(61-23(5)50)31(68-41)17-58-20(2)47)37(19)70-46-45(67-29(11)56)43(65-27(9)54)39(62-24(6)51)32(69-46)18-59-21(3)48/h12-16,31-32,38-39,41-46H,17-18H2,1-11H3/t31-,32-,38-,39-,41+,42+,43+,44+,45-,46+/m1/s1. The highest BCUT2D eigenvalue weighted by Gasteiger charge is 2.57. The molecule has 2 aliphatic rings. The van der Waals surface area contributed by atoms with E-state index < -0.39 is 168 Å². The minimum atomic E-state index is -2.12. The lowest BCUT2D eigenvalue weighted by Crippen LogP contribution is -2.63. The summed E-state index contributed by atoms with van der Waals surface area (Å²) in [5, 5.41) is 0. The van der Waals surface area contributed by atoms with Crippen LogP contribution in [0.2, 0.25) is 0 Å². The first-order valence-corrected chi connectivity index (χ1v) is 21.3. The zero-order valence-electron chi connectivity index (χ0n) is 39.9. The second kappa shape index (κ2) is 24.2. The van der Waals surface area contributed by atoms with Gasteiger partial charge in [0, 0.05) is 80.4 Å². The summed E-state index contributed by atoms with van der Waals surface area (Å²) in [7, 11) is 0. The molecule has 0 unspecified atom stereocenters. The number of carbonyl (C=O) groups excluding carboxylic acids is 11. The van der Waals surface area contributed by atoms with E-state index >= 15 is 0 Å². The Labute approximate surface area is 399 Å². The minimum Gasteiger partial charge on any atom is -0.463 e. The number of benzene rings is 2. The van der Waals surface area contributed by atoms with Crippen LogP contribution < -0.4 is 14.2 Å². The van der Waals surface area contributed by atoms with E-state index in [1.165, 1.54) is 31.2 Å². The Bertz CT molecular complexity index is 2370. The Hall–Kier alpha value is -7.47. The van der Waals surface area contributed by atoms with E-state index in [0.29, 0.717) is 0 Å². The highest BCUT2D eigenvalue weighted by atomic mass is 16.7. The van der Waals surface area contributed by atoms with Crippen molar-refractivity contribution < 1.29 is 114 Å². The molecule has 0 radical (unpaired) electrons. The molecule has 2 aromatic rings. The molecule has 0 amide bonds. The zero-order valence-corrected chi connectivity index (χ0v) is 39.9. The topological polar surface area (TPSA) is 308 Å². The van der Waals surface area contributed by atoms with Crippen LogP contribution in [0.25, 0.3) is 0 Å². The van der Waals surface area contributed by atoms with Gasteiger partial charge in [-0.3, -0.25) is 52.7 Å². The normalized spacial score (nSPS) is 23.7. The lowest BCUT2D eigenvalue weighted by molar-refractivity contribution is -0.289. The first-order chi connectivity index (χ1) is 32.8. The highest BCUT2D eigenvalue weighted by Crippen LogP contribution is 2.52. The average molecular weight is 989 g/mol. The summed E-state index contributed by atoms with van der Waals surface area (Å²) in [5.74, 6) is -13.2. The van der Waals surface area contributed by atoms with Crippen molar-refractivity contribution in [2.45, 2.75) is 137 Å². The molecule has 0 aromatic heterocycles. The molecule has 2 aliphatic heterocycles. The summed E-state index contributed by atoms with van der Waals surface area (Å²) in [6.07, 6.45) is -18.6. The molecule has 24 nitrogen and oxygen atoms in total. The van der Waals surface area contributed by atoms with E-state index in [4.69, 9.17) is 61.6 Å². The van der Waals surface area contributed by atoms with Crippen LogP contribution in [0.5, 0.6) is 17.2 Å². The fourth-order valence-electron chi connectivity index (χ4n) is 7.57. The smallest absolute Gasteiger partial charge is 0.308 e. The van der Waals surface area contributed by atoms with Crippen LogP contribution in [0.3, 0.4) is 0 Å². The lowest BCUT2D eigenvalue weighted by Gasteiger charge is -2.46. The van der Waals surface area contributed by atoms with Crippen LogP contribution in [0, 0.1) is 6.92 Å². The van der Waals surface area contributed by atoms with Gasteiger partial charge in [-0.15, -0.1) is 0 Å². The maximum Gasteiger partial charge on any atom is 0.308 e. The van der Waals surface area contributed by atoms with Crippen molar-refractivity contribution in [2.24, 2.45) is 0 Å². The van der Waals surface area contributed by atoms with Gasteiger partial charge >= 0.3 is 59.7 Å². The van der Waals surface area contributed by atoms with Crippen molar-refractivity contribution >= 4 is 65.5 Å². The van der Waals surface area contributed by atoms with E-state index in [9.17, 15) is 52.7 Å². The third kappa shape index (κ3) is 14.3. The molecule has 0 bridgehead atoms. The molecule has 10 atom stereocenters. The SMILES string of the molecule is CC(=O)OC[C@H]1O[C@@H](c2c(O[C@@H]3O[C@H](COC(C)=O)[C@@H](OC(C)=O)[C@H](OC(C)=O)[C@H]3OC(C)=O)c(C)c(OC(C)=O)c(C(=O)c3ccccc3)c2OC(C)=O)[C@H](OC(C)=O)[C@@H](OC(C)=O)[C@@H]1OC(C)=O. The van der Waals surface area contributed by atoms with Crippen molar-refractivity contribution in [1.82, 2.24) is 0 Å². The second-order valence-electron chi connectivity index (χ2n) is 15.6. The summed E-state index contributed by atoms with van der Waals surface area (Å²) in [4.78, 5) is 143. The predicted molar refractivity (Wildman–Crippen MR) is 227 cm³/mol. The number of rotatable bonds is 17. The average Bonchev–Trinajstić information content (AvgIpc) is 3.23. The molecular formula is C46H52O24. The van der Waals surface area contributed by atoms with Crippen LogP contribution >= 0.6 is 0 Å². The van der Waals surface area contributed by atoms with Crippen molar-refractivity contribution in [3.63, 3.8) is 0 Å². The molecule has 2 heterocycles. The van der Waals surface area contributed by atoms with Gasteiger partial charge < -0.3 is 61.6 Å². The molecule has 2 saturated heterocycles. The van der Waals surface area contributed by atoms with Gasteiger partial charge in [0.2, 0.25) is 18.2 Å².